The lowest BCUT2D eigenvalue weighted by atomic mass is 10.1. The van der Waals surface area contributed by atoms with E-state index in [9.17, 15) is 4.79 Å². The van der Waals surface area contributed by atoms with Crippen LogP contribution in [0.3, 0.4) is 0 Å². The Bertz CT molecular complexity index is 317. The molecule has 15 heavy (non-hydrogen) atoms. The van der Waals surface area contributed by atoms with Gasteiger partial charge in [-0.05, 0) is 31.5 Å². The lowest BCUT2D eigenvalue weighted by molar-refractivity contribution is -0.124. The van der Waals surface area contributed by atoms with Crippen molar-refractivity contribution >= 4 is 11.5 Å². The first-order valence-corrected chi connectivity index (χ1v) is 5.05. The largest absolute Gasteiger partial charge is 0.399 e. The monoisotopic (exact) mass is 207 g/mol. The Morgan fingerprint density at radius 2 is 1.93 bits per heavy atom. The highest BCUT2D eigenvalue weighted by molar-refractivity contribution is 5.82. The van der Waals surface area contributed by atoms with Gasteiger partial charge in [-0.25, -0.2) is 0 Å². The summed E-state index contributed by atoms with van der Waals surface area (Å²) in [6.07, 6.45) is 0.507. The summed E-state index contributed by atoms with van der Waals surface area (Å²) in [5, 5.41) is 0. The van der Waals surface area contributed by atoms with E-state index in [1.165, 1.54) is 0 Å². The predicted molar refractivity (Wildman–Crippen MR) is 60.7 cm³/mol. The summed E-state index contributed by atoms with van der Waals surface area (Å²) >= 11 is 0. The Kier molecular flexibility index (Phi) is 4.31. The molecular weight excluding hydrogens is 190 g/mol. The van der Waals surface area contributed by atoms with Crippen LogP contribution >= 0.6 is 0 Å². The number of ether oxygens (including phenoxy) is 1. The molecule has 0 spiro atoms. The van der Waals surface area contributed by atoms with Crippen LogP contribution in [-0.2, 0) is 16.0 Å². The second-order valence-electron chi connectivity index (χ2n) is 3.82. The van der Waals surface area contributed by atoms with Crippen LogP contribution in [0.25, 0.3) is 0 Å². The summed E-state index contributed by atoms with van der Waals surface area (Å²) in [6, 6.07) is 7.32. The van der Waals surface area contributed by atoms with Crippen LogP contribution < -0.4 is 5.73 Å². The quantitative estimate of drug-likeness (QED) is 0.749. The van der Waals surface area contributed by atoms with E-state index in [4.69, 9.17) is 10.5 Å². The molecule has 0 bridgehead atoms. The summed E-state index contributed by atoms with van der Waals surface area (Å²) in [7, 11) is 0. The van der Waals surface area contributed by atoms with Gasteiger partial charge in [0.1, 0.15) is 6.61 Å². The summed E-state index contributed by atoms with van der Waals surface area (Å²) in [6.45, 7) is 4.01. The number of nitrogens with two attached hydrogens (primary N) is 1. The maximum atomic E-state index is 11.4. The molecule has 82 valence electrons. The lowest BCUT2D eigenvalue weighted by Gasteiger charge is -2.06. The molecule has 1 aromatic rings. The Morgan fingerprint density at radius 3 is 2.47 bits per heavy atom. The number of Topliss-reactive ketones (excluding diaryl/α,β-unsaturated/α-hetero) is 1. The van der Waals surface area contributed by atoms with E-state index in [1.54, 1.807) is 12.1 Å². The second kappa shape index (κ2) is 5.51. The SMILES string of the molecule is CC(C)OCC(=O)Cc1ccc(N)cc1. The van der Waals surface area contributed by atoms with Crippen LogP contribution in [-0.4, -0.2) is 18.5 Å². The molecular formula is C12H17NO2. The zero-order valence-corrected chi connectivity index (χ0v) is 9.19. The zero-order chi connectivity index (χ0) is 11.3. The van der Waals surface area contributed by atoms with E-state index >= 15 is 0 Å². The van der Waals surface area contributed by atoms with Gasteiger partial charge in [0.2, 0.25) is 0 Å². The molecule has 0 aliphatic carbocycles. The second-order valence-corrected chi connectivity index (χ2v) is 3.82. The number of carbonyl (C=O) groups excluding carboxylic acids is 1. The van der Waals surface area contributed by atoms with Crippen LogP contribution in [0.1, 0.15) is 19.4 Å². The van der Waals surface area contributed by atoms with Crippen molar-refractivity contribution in [1.82, 2.24) is 0 Å². The number of ketones is 1. The maximum absolute atomic E-state index is 11.4. The average Bonchev–Trinajstić information content (AvgIpc) is 2.19. The number of hydrogen-bond donors (Lipinski definition) is 1. The van der Waals surface area contributed by atoms with E-state index in [0.29, 0.717) is 12.1 Å². The van der Waals surface area contributed by atoms with Gasteiger partial charge in [-0.3, -0.25) is 4.79 Å². The molecule has 0 fully saturated rings. The predicted octanol–water partition coefficient (Wildman–Crippen LogP) is 1.81. The molecule has 1 aromatic carbocycles. The molecule has 0 saturated heterocycles. The minimum Gasteiger partial charge on any atom is -0.399 e. The summed E-state index contributed by atoms with van der Waals surface area (Å²) < 4.78 is 5.23. The molecule has 2 N–H and O–H groups in total. The standard InChI is InChI=1S/C12H17NO2/c1-9(2)15-8-12(14)7-10-3-5-11(13)6-4-10/h3-6,9H,7-8,13H2,1-2H3. The first-order valence-electron chi connectivity index (χ1n) is 5.05. The molecule has 0 amide bonds. The fraction of sp³-hybridized carbons (Fsp3) is 0.417. The van der Waals surface area contributed by atoms with Crippen LogP contribution in [0.2, 0.25) is 0 Å². The Balaban J connectivity index is 2.41. The van der Waals surface area contributed by atoms with Crippen LogP contribution in [0.15, 0.2) is 24.3 Å². The summed E-state index contributed by atoms with van der Waals surface area (Å²) in [4.78, 5) is 11.4. The topological polar surface area (TPSA) is 52.3 Å². The van der Waals surface area contributed by atoms with E-state index in [1.807, 2.05) is 26.0 Å². The molecule has 0 unspecified atom stereocenters. The van der Waals surface area contributed by atoms with Crippen LogP contribution in [0.4, 0.5) is 5.69 Å². The third-order valence-electron chi connectivity index (χ3n) is 1.96. The average molecular weight is 207 g/mol. The van der Waals surface area contributed by atoms with Gasteiger partial charge in [0.15, 0.2) is 5.78 Å². The summed E-state index contributed by atoms with van der Waals surface area (Å²) in [5.41, 5.74) is 7.23. The number of anilines is 1. The van der Waals surface area contributed by atoms with Crippen molar-refractivity contribution in [2.75, 3.05) is 12.3 Å². The molecule has 0 aliphatic heterocycles. The van der Waals surface area contributed by atoms with Crippen LogP contribution in [0, 0.1) is 0 Å². The highest BCUT2D eigenvalue weighted by Gasteiger charge is 2.04. The number of hydrogen-bond acceptors (Lipinski definition) is 3. The van der Waals surface area contributed by atoms with E-state index < -0.39 is 0 Å². The Labute approximate surface area is 90.2 Å². The van der Waals surface area contributed by atoms with Gasteiger partial charge < -0.3 is 10.5 Å². The number of carbonyl (C=O) groups is 1. The number of benzene rings is 1. The Morgan fingerprint density at radius 1 is 1.33 bits per heavy atom. The van der Waals surface area contributed by atoms with Crippen LogP contribution in [0.5, 0.6) is 0 Å². The first-order chi connectivity index (χ1) is 7.08. The van der Waals surface area contributed by atoms with Crippen molar-refractivity contribution in [2.24, 2.45) is 0 Å². The molecule has 0 saturated carbocycles. The third kappa shape index (κ3) is 4.61. The minimum absolute atomic E-state index is 0.0912. The molecule has 3 nitrogen and oxygen atoms in total. The van der Waals surface area contributed by atoms with E-state index in [0.717, 1.165) is 5.56 Å². The van der Waals surface area contributed by atoms with Crippen molar-refractivity contribution in [2.45, 2.75) is 26.4 Å². The molecule has 0 radical (unpaired) electrons. The van der Waals surface area contributed by atoms with Gasteiger partial charge in [-0.2, -0.15) is 0 Å². The smallest absolute Gasteiger partial charge is 0.162 e. The van der Waals surface area contributed by atoms with Crippen molar-refractivity contribution in [3.8, 4) is 0 Å². The van der Waals surface area contributed by atoms with Crippen molar-refractivity contribution in [3.05, 3.63) is 29.8 Å². The number of rotatable bonds is 5. The third-order valence-corrected chi connectivity index (χ3v) is 1.96. The van der Waals surface area contributed by atoms with Gasteiger partial charge in [0.05, 0.1) is 6.10 Å². The number of nitrogen functional groups attached to an aromatic ring is 1. The first kappa shape index (κ1) is 11.7. The molecule has 0 aromatic heterocycles. The molecule has 1 rings (SSSR count). The zero-order valence-electron chi connectivity index (χ0n) is 9.19. The van der Waals surface area contributed by atoms with E-state index in [-0.39, 0.29) is 18.5 Å². The van der Waals surface area contributed by atoms with Crippen molar-refractivity contribution < 1.29 is 9.53 Å². The van der Waals surface area contributed by atoms with Gasteiger partial charge in [-0.1, -0.05) is 12.1 Å². The van der Waals surface area contributed by atoms with Gasteiger partial charge in [0.25, 0.3) is 0 Å². The highest BCUT2D eigenvalue weighted by Crippen LogP contribution is 2.06. The Hall–Kier alpha value is -1.35. The molecule has 0 heterocycles. The fourth-order valence-electron chi connectivity index (χ4n) is 1.17. The van der Waals surface area contributed by atoms with Gasteiger partial charge in [0, 0.05) is 12.1 Å². The minimum atomic E-state index is 0.0912. The van der Waals surface area contributed by atoms with Crippen molar-refractivity contribution in [1.29, 1.82) is 0 Å². The highest BCUT2D eigenvalue weighted by atomic mass is 16.5. The van der Waals surface area contributed by atoms with Crippen molar-refractivity contribution in [3.63, 3.8) is 0 Å². The molecule has 0 atom stereocenters. The van der Waals surface area contributed by atoms with Gasteiger partial charge >= 0.3 is 0 Å². The maximum Gasteiger partial charge on any atom is 0.162 e. The molecule has 0 aliphatic rings. The molecule has 3 heteroatoms. The normalized spacial score (nSPS) is 10.6. The van der Waals surface area contributed by atoms with E-state index in [2.05, 4.69) is 0 Å². The fourth-order valence-corrected chi connectivity index (χ4v) is 1.17. The van der Waals surface area contributed by atoms with Gasteiger partial charge in [-0.15, -0.1) is 0 Å². The lowest BCUT2D eigenvalue weighted by Crippen LogP contribution is -2.15. The summed E-state index contributed by atoms with van der Waals surface area (Å²) in [5.74, 6) is 0.0912.